The summed E-state index contributed by atoms with van der Waals surface area (Å²) in [5.74, 6) is 3.10. The zero-order valence-electron chi connectivity index (χ0n) is 17.2. The van der Waals surface area contributed by atoms with Crippen molar-refractivity contribution in [1.82, 2.24) is 25.4 Å². The van der Waals surface area contributed by atoms with Crippen molar-refractivity contribution in [2.45, 2.75) is 57.5 Å². The quantitative estimate of drug-likeness (QED) is 0.322. The average Bonchev–Trinajstić information content (AvgIpc) is 3.30. The largest absolute Gasteiger partial charge is 0.354 e. The lowest BCUT2D eigenvalue weighted by atomic mass is 10.1. The molecule has 1 aliphatic carbocycles. The van der Waals surface area contributed by atoms with Gasteiger partial charge in [0.25, 0.3) is 0 Å². The molecule has 160 valence electrons. The average molecular weight is 532 g/mol. The number of hydrogen-bond donors (Lipinski definition) is 2. The molecule has 0 amide bonds. The van der Waals surface area contributed by atoms with E-state index in [-0.39, 0.29) is 29.8 Å². The van der Waals surface area contributed by atoms with Crippen LogP contribution in [0.3, 0.4) is 0 Å². The first-order valence-electron chi connectivity index (χ1n) is 9.72. The van der Waals surface area contributed by atoms with E-state index in [1.807, 2.05) is 30.9 Å². The summed E-state index contributed by atoms with van der Waals surface area (Å²) in [5.41, 5.74) is 2.05. The van der Waals surface area contributed by atoms with Gasteiger partial charge in [0.2, 0.25) is 0 Å². The third kappa shape index (κ3) is 6.84. The predicted octanol–water partition coefficient (Wildman–Crippen LogP) is 3.92. The van der Waals surface area contributed by atoms with Crippen molar-refractivity contribution in [3.05, 3.63) is 46.8 Å². The molecule has 1 aromatic heterocycles. The molecule has 0 aliphatic heterocycles. The summed E-state index contributed by atoms with van der Waals surface area (Å²) in [4.78, 5) is 4.79. The van der Waals surface area contributed by atoms with Crippen molar-refractivity contribution in [3.63, 3.8) is 0 Å². The number of guanidine groups is 1. The molecule has 2 aromatic rings. The van der Waals surface area contributed by atoms with Crippen molar-refractivity contribution >= 4 is 41.7 Å². The third-order valence-corrected chi connectivity index (χ3v) is 5.77. The highest BCUT2D eigenvalue weighted by atomic mass is 127. The fourth-order valence-corrected chi connectivity index (χ4v) is 3.97. The van der Waals surface area contributed by atoms with Gasteiger partial charge in [0.05, 0.1) is 13.1 Å². The number of rotatable bonds is 7. The maximum atomic E-state index is 13.6. The second-order valence-electron chi connectivity index (χ2n) is 7.21. The van der Waals surface area contributed by atoms with Gasteiger partial charge in [0.15, 0.2) is 11.8 Å². The van der Waals surface area contributed by atoms with Gasteiger partial charge in [-0.2, -0.15) is 11.8 Å². The van der Waals surface area contributed by atoms with Crippen molar-refractivity contribution in [3.8, 4) is 0 Å². The van der Waals surface area contributed by atoms with E-state index in [2.05, 4.69) is 20.8 Å². The van der Waals surface area contributed by atoms with Crippen LogP contribution in [-0.2, 0) is 25.9 Å². The Hall–Kier alpha value is -1.36. The van der Waals surface area contributed by atoms with Crippen molar-refractivity contribution in [2.24, 2.45) is 12.0 Å². The Morgan fingerprint density at radius 3 is 2.69 bits per heavy atom. The molecule has 0 unspecified atom stereocenters. The Morgan fingerprint density at radius 1 is 1.28 bits per heavy atom. The SMILES string of the molecule is CSCc1cc(F)ccc1CN=C(NCc1nnc(C)n1C)NC1CCCC1.I. The van der Waals surface area contributed by atoms with Crippen LogP contribution in [0.2, 0.25) is 0 Å². The molecular weight excluding hydrogens is 502 g/mol. The van der Waals surface area contributed by atoms with Crippen LogP contribution in [0.1, 0.15) is 48.5 Å². The molecule has 1 saturated carbocycles. The van der Waals surface area contributed by atoms with Crippen LogP contribution in [0.4, 0.5) is 4.39 Å². The fraction of sp³-hybridized carbons (Fsp3) is 0.550. The Balaban J connectivity index is 0.00000300. The molecule has 9 heteroatoms. The lowest BCUT2D eigenvalue weighted by Crippen LogP contribution is -2.42. The summed E-state index contributed by atoms with van der Waals surface area (Å²) >= 11 is 1.69. The first-order valence-corrected chi connectivity index (χ1v) is 11.1. The van der Waals surface area contributed by atoms with E-state index in [4.69, 9.17) is 4.99 Å². The molecule has 1 heterocycles. The maximum Gasteiger partial charge on any atom is 0.192 e. The minimum Gasteiger partial charge on any atom is -0.354 e. The lowest BCUT2D eigenvalue weighted by molar-refractivity contribution is 0.606. The molecule has 1 fully saturated rings. The fourth-order valence-electron chi connectivity index (χ4n) is 3.39. The van der Waals surface area contributed by atoms with E-state index in [0.29, 0.717) is 19.1 Å². The molecule has 2 N–H and O–H groups in total. The van der Waals surface area contributed by atoms with Gasteiger partial charge < -0.3 is 15.2 Å². The summed E-state index contributed by atoms with van der Waals surface area (Å²) in [7, 11) is 1.96. The number of aliphatic imine (C=N–C) groups is 1. The van der Waals surface area contributed by atoms with Gasteiger partial charge in [-0.1, -0.05) is 18.9 Å². The molecule has 0 bridgehead atoms. The zero-order chi connectivity index (χ0) is 19.9. The van der Waals surface area contributed by atoms with Crippen LogP contribution in [-0.4, -0.2) is 33.0 Å². The first kappa shape index (κ1) is 23.9. The molecule has 1 aliphatic rings. The maximum absolute atomic E-state index is 13.6. The zero-order valence-corrected chi connectivity index (χ0v) is 20.4. The van der Waals surface area contributed by atoms with Crippen LogP contribution < -0.4 is 10.6 Å². The van der Waals surface area contributed by atoms with Crippen LogP contribution in [0, 0.1) is 12.7 Å². The van der Waals surface area contributed by atoms with Gasteiger partial charge >= 0.3 is 0 Å². The van der Waals surface area contributed by atoms with E-state index in [9.17, 15) is 4.39 Å². The molecule has 1 aromatic carbocycles. The molecule has 0 spiro atoms. The second kappa shape index (κ2) is 11.7. The Bertz CT molecular complexity index is 819. The van der Waals surface area contributed by atoms with E-state index in [1.54, 1.807) is 17.8 Å². The number of halogens is 2. The minimum absolute atomic E-state index is 0. The summed E-state index contributed by atoms with van der Waals surface area (Å²) in [5, 5.41) is 15.2. The van der Waals surface area contributed by atoms with Gasteiger partial charge in [-0.25, -0.2) is 9.38 Å². The standard InChI is InChI=1S/C20H29FN6S.HI/c1-14-25-26-19(27(14)2)12-23-20(24-18-6-4-5-7-18)22-11-15-8-9-17(21)10-16(15)13-28-3;/h8-10,18H,4-7,11-13H2,1-3H3,(H2,22,23,24);1H. The highest BCUT2D eigenvalue weighted by Gasteiger charge is 2.17. The first-order chi connectivity index (χ1) is 13.6. The number of aryl methyl sites for hydroxylation is 1. The number of hydrogen-bond acceptors (Lipinski definition) is 4. The molecule has 0 saturated heterocycles. The second-order valence-corrected chi connectivity index (χ2v) is 8.08. The van der Waals surface area contributed by atoms with Crippen LogP contribution in [0.15, 0.2) is 23.2 Å². The number of nitrogens with zero attached hydrogens (tertiary/aromatic N) is 4. The highest BCUT2D eigenvalue weighted by molar-refractivity contribution is 14.0. The Morgan fingerprint density at radius 2 is 2.03 bits per heavy atom. The van der Waals surface area contributed by atoms with Gasteiger partial charge in [-0.3, -0.25) is 0 Å². The summed E-state index contributed by atoms with van der Waals surface area (Å²) in [6.45, 7) is 3.00. The van der Waals surface area contributed by atoms with Gasteiger partial charge in [-0.15, -0.1) is 34.2 Å². The van der Waals surface area contributed by atoms with Gasteiger partial charge in [0.1, 0.15) is 11.6 Å². The van der Waals surface area contributed by atoms with E-state index < -0.39 is 0 Å². The van der Waals surface area contributed by atoms with Crippen LogP contribution in [0.5, 0.6) is 0 Å². The molecule has 0 atom stereocenters. The van der Waals surface area contributed by atoms with Crippen molar-refractivity contribution in [1.29, 1.82) is 0 Å². The number of nitrogens with one attached hydrogen (secondary N) is 2. The van der Waals surface area contributed by atoms with Crippen LogP contribution >= 0.6 is 35.7 Å². The smallest absolute Gasteiger partial charge is 0.192 e. The normalized spacial score (nSPS) is 14.7. The predicted molar refractivity (Wildman–Crippen MR) is 128 cm³/mol. The molecule has 3 rings (SSSR count). The lowest BCUT2D eigenvalue weighted by Gasteiger charge is -2.17. The topological polar surface area (TPSA) is 67.1 Å². The summed E-state index contributed by atoms with van der Waals surface area (Å²) in [6.07, 6.45) is 6.86. The van der Waals surface area contributed by atoms with Crippen molar-refractivity contribution in [2.75, 3.05) is 6.26 Å². The Kier molecular flexibility index (Phi) is 9.67. The van der Waals surface area contributed by atoms with E-state index in [1.165, 1.54) is 18.9 Å². The number of aromatic nitrogens is 3. The Labute approximate surface area is 193 Å². The van der Waals surface area contributed by atoms with E-state index in [0.717, 1.165) is 47.3 Å². The monoisotopic (exact) mass is 532 g/mol. The summed E-state index contributed by atoms with van der Waals surface area (Å²) < 4.78 is 15.6. The molecule has 6 nitrogen and oxygen atoms in total. The third-order valence-electron chi connectivity index (χ3n) is 5.17. The number of benzene rings is 1. The van der Waals surface area contributed by atoms with E-state index >= 15 is 0 Å². The van der Waals surface area contributed by atoms with Crippen LogP contribution in [0.25, 0.3) is 0 Å². The number of thioether (sulfide) groups is 1. The molecular formula is C20H30FIN6S. The molecule has 29 heavy (non-hydrogen) atoms. The van der Waals surface area contributed by atoms with Gasteiger partial charge in [0, 0.05) is 18.8 Å². The summed E-state index contributed by atoms with van der Waals surface area (Å²) in [6, 6.07) is 5.41. The van der Waals surface area contributed by atoms with Crippen molar-refractivity contribution < 1.29 is 4.39 Å². The van der Waals surface area contributed by atoms with Gasteiger partial charge in [-0.05, 0) is 49.3 Å². The minimum atomic E-state index is -0.197. The highest BCUT2D eigenvalue weighted by Crippen LogP contribution is 2.19. The molecule has 0 radical (unpaired) electrons.